The van der Waals surface area contributed by atoms with Gasteiger partial charge in [0.25, 0.3) is 0 Å². The Kier molecular flexibility index (Phi) is 5.41. The summed E-state index contributed by atoms with van der Waals surface area (Å²) >= 11 is 0. The molecule has 1 aliphatic rings. The van der Waals surface area contributed by atoms with E-state index in [0.717, 1.165) is 19.3 Å². The van der Waals surface area contributed by atoms with Crippen LogP contribution in [0.5, 0.6) is 0 Å². The van der Waals surface area contributed by atoms with E-state index in [1.807, 2.05) is 20.8 Å². The van der Waals surface area contributed by atoms with Crippen molar-refractivity contribution in [1.29, 1.82) is 0 Å². The van der Waals surface area contributed by atoms with Crippen molar-refractivity contribution in [3.05, 3.63) is 0 Å². The second-order valence-electron chi connectivity index (χ2n) is 4.99. The minimum absolute atomic E-state index is 0.186. The van der Waals surface area contributed by atoms with E-state index in [0.29, 0.717) is 12.6 Å². The molecule has 0 unspecified atom stereocenters. The largest absolute Gasteiger partial charge is 0.313 e. The standard InChI is InChI=1S/C12H26N2O2S/c1-4-12(5-2,6-3)14-17(15,16)10-9-13-11-7-8-11/h11,13-14H,4-10H2,1-3H3. The van der Waals surface area contributed by atoms with Crippen LogP contribution < -0.4 is 10.0 Å². The number of nitrogens with one attached hydrogen (secondary N) is 2. The summed E-state index contributed by atoms with van der Waals surface area (Å²) in [6, 6.07) is 0.568. The minimum Gasteiger partial charge on any atom is -0.313 e. The highest BCUT2D eigenvalue weighted by molar-refractivity contribution is 7.89. The molecule has 0 heterocycles. The first-order valence-corrected chi connectivity index (χ1v) is 8.37. The van der Waals surface area contributed by atoms with Crippen LogP contribution in [0.1, 0.15) is 52.9 Å². The van der Waals surface area contributed by atoms with E-state index < -0.39 is 10.0 Å². The molecule has 0 amide bonds. The molecule has 0 bridgehead atoms. The molecule has 0 aliphatic heterocycles. The summed E-state index contributed by atoms with van der Waals surface area (Å²) in [4.78, 5) is 0. The van der Waals surface area contributed by atoms with Crippen LogP contribution in [-0.2, 0) is 10.0 Å². The fourth-order valence-electron chi connectivity index (χ4n) is 2.03. The zero-order valence-electron chi connectivity index (χ0n) is 11.3. The average molecular weight is 262 g/mol. The molecule has 2 N–H and O–H groups in total. The lowest BCUT2D eigenvalue weighted by molar-refractivity contribution is 0.341. The molecule has 0 saturated heterocycles. The molecule has 0 aromatic rings. The molecule has 0 aromatic carbocycles. The van der Waals surface area contributed by atoms with E-state index in [4.69, 9.17) is 0 Å². The monoisotopic (exact) mass is 262 g/mol. The second kappa shape index (κ2) is 6.16. The highest BCUT2D eigenvalue weighted by Gasteiger charge is 2.29. The first-order valence-electron chi connectivity index (χ1n) is 6.72. The van der Waals surface area contributed by atoms with Gasteiger partial charge in [0.15, 0.2) is 0 Å². The van der Waals surface area contributed by atoms with Gasteiger partial charge in [0.1, 0.15) is 0 Å². The number of hydrogen-bond donors (Lipinski definition) is 2. The Balaban J connectivity index is 2.44. The maximum atomic E-state index is 12.0. The lowest BCUT2D eigenvalue weighted by Gasteiger charge is -2.31. The molecule has 17 heavy (non-hydrogen) atoms. The maximum absolute atomic E-state index is 12.0. The summed E-state index contributed by atoms with van der Waals surface area (Å²) in [6.45, 7) is 6.68. The van der Waals surface area contributed by atoms with Crippen molar-refractivity contribution in [1.82, 2.24) is 10.0 Å². The van der Waals surface area contributed by atoms with Gasteiger partial charge in [-0.3, -0.25) is 0 Å². The molecule has 5 heteroatoms. The van der Waals surface area contributed by atoms with Crippen LogP contribution in [0.4, 0.5) is 0 Å². The van der Waals surface area contributed by atoms with Crippen molar-refractivity contribution in [3.63, 3.8) is 0 Å². The summed E-state index contributed by atoms with van der Waals surface area (Å²) in [5, 5.41) is 3.23. The fourth-order valence-corrected chi connectivity index (χ4v) is 3.61. The van der Waals surface area contributed by atoms with Crippen molar-refractivity contribution in [2.24, 2.45) is 0 Å². The maximum Gasteiger partial charge on any atom is 0.213 e. The Hall–Kier alpha value is -0.130. The van der Waals surface area contributed by atoms with E-state index >= 15 is 0 Å². The summed E-state index contributed by atoms with van der Waals surface area (Å²) < 4.78 is 26.8. The van der Waals surface area contributed by atoms with Crippen LogP contribution in [0.15, 0.2) is 0 Å². The summed E-state index contributed by atoms with van der Waals surface area (Å²) in [5.74, 6) is 0.186. The first-order chi connectivity index (χ1) is 7.97. The van der Waals surface area contributed by atoms with Gasteiger partial charge in [-0.15, -0.1) is 0 Å². The normalized spacial score (nSPS) is 17.4. The topological polar surface area (TPSA) is 58.2 Å². The molecule has 0 atom stereocenters. The summed E-state index contributed by atoms with van der Waals surface area (Å²) in [7, 11) is -3.16. The van der Waals surface area contributed by atoms with Gasteiger partial charge in [-0.1, -0.05) is 20.8 Å². The molecular formula is C12H26N2O2S. The van der Waals surface area contributed by atoms with Gasteiger partial charge in [-0.2, -0.15) is 0 Å². The molecule has 1 aliphatic carbocycles. The number of hydrogen-bond acceptors (Lipinski definition) is 3. The molecule has 0 aromatic heterocycles. The second-order valence-corrected chi connectivity index (χ2v) is 6.83. The predicted octanol–water partition coefficient (Wildman–Crippen LogP) is 1.63. The third kappa shape index (κ3) is 4.94. The van der Waals surface area contributed by atoms with Gasteiger partial charge in [0, 0.05) is 18.1 Å². The van der Waals surface area contributed by atoms with E-state index in [1.165, 1.54) is 12.8 Å². The minimum atomic E-state index is -3.16. The van der Waals surface area contributed by atoms with Gasteiger partial charge >= 0.3 is 0 Å². The highest BCUT2D eigenvalue weighted by Crippen LogP contribution is 2.21. The molecule has 1 fully saturated rings. The van der Waals surface area contributed by atoms with Gasteiger partial charge in [0.05, 0.1) is 5.75 Å². The quantitative estimate of drug-likeness (QED) is 0.664. The van der Waals surface area contributed by atoms with Gasteiger partial charge in [-0.25, -0.2) is 13.1 Å². The Bertz CT molecular complexity index is 311. The van der Waals surface area contributed by atoms with Crippen LogP contribution in [0, 0.1) is 0 Å². The Labute approximate surface area is 106 Å². The lowest BCUT2D eigenvalue weighted by atomic mass is 9.91. The molecule has 0 spiro atoms. The smallest absolute Gasteiger partial charge is 0.213 e. The van der Waals surface area contributed by atoms with Crippen LogP contribution in [0.3, 0.4) is 0 Å². The first kappa shape index (κ1) is 14.9. The van der Waals surface area contributed by atoms with E-state index in [-0.39, 0.29) is 11.3 Å². The number of rotatable bonds is 9. The van der Waals surface area contributed by atoms with Crippen molar-refractivity contribution in [3.8, 4) is 0 Å². The Morgan fingerprint density at radius 2 is 1.65 bits per heavy atom. The zero-order chi connectivity index (χ0) is 12.9. The molecule has 102 valence electrons. The average Bonchev–Trinajstić information content (AvgIpc) is 3.10. The van der Waals surface area contributed by atoms with Crippen molar-refractivity contribution >= 4 is 10.0 Å². The van der Waals surface area contributed by atoms with Crippen molar-refractivity contribution in [2.45, 2.75) is 64.5 Å². The predicted molar refractivity (Wildman–Crippen MR) is 71.6 cm³/mol. The Morgan fingerprint density at radius 3 is 2.06 bits per heavy atom. The van der Waals surface area contributed by atoms with Gasteiger partial charge < -0.3 is 5.32 Å². The SMILES string of the molecule is CCC(CC)(CC)NS(=O)(=O)CCNC1CC1. The van der Waals surface area contributed by atoms with Gasteiger partial charge in [0.2, 0.25) is 10.0 Å². The van der Waals surface area contributed by atoms with Crippen molar-refractivity contribution < 1.29 is 8.42 Å². The third-order valence-corrected chi connectivity index (χ3v) is 5.27. The number of sulfonamides is 1. The molecule has 1 saturated carbocycles. The molecule has 0 radical (unpaired) electrons. The zero-order valence-corrected chi connectivity index (χ0v) is 12.1. The van der Waals surface area contributed by atoms with Crippen molar-refractivity contribution in [2.75, 3.05) is 12.3 Å². The molecular weight excluding hydrogens is 236 g/mol. The van der Waals surface area contributed by atoms with Crippen LogP contribution >= 0.6 is 0 Å². The van der Waals surface area contributed by atoms with Crippen LogP contribution in [0.25, 0.3) is 0 Å². The third-order valence-electron chi connectivity index (χ3n) is 3.78. The molecule has 4 nitrogen and oxygen atoms in total. The summed E-state index contributed by atoms with van der Waals surface area (Å²) in [5.41, 5.74) is -0.252. The van der Waals surface area contributed by atoms with E-state index in [2.05, 4.69) is 10.0 Å². The lowest BCUT2D eigenvalue weighted by Crippen LogP contribution is -2.48. The summed E-state index contributed by atoms with van der Waals surface area (Å²) in [6.07, 6.45) is 4.91. The van der Waals surface area contributed by atoms with E-state index in [9.17, 15) is 8.42 Å². The fraction of sp³-hybridized carbons (Fsp3) is 1.00. The highest BCUT2D eigenvalue weighted by atomic mass is 32.2. The van der Waals surface area contributed by atoms with Crippen LogP contribution in [-0.4, -0.2) is 32.3 Å². The van der Waals surface area contributed by atoms with E-state index in [1.54, 1.807) is 0 Å². The van der Waals surface area contributed by atoms with Gasteiger partial charge in [-0.05, 0) is 32.1 Å². The van der Waals surface area contributed by atoms with Crippen LogP contribution in [0.2, 0.25) is 0 Å². The Morgan fingerprint density at radius 1 is 1.12 bits per heavy atom. The molecule has 1 rings (SSSR count).